The molecule has 3 aromatic rings. The van der Waals surface area contributed by atoms with Crippen molar-refractivity contribution in [2.45, 2.75) is 12.5 Å². The molecule has 2 heterocycles. The summed E-state index contributed by atoms with van der Waals surface area (Å²) in [5.74, 6) is 0.976. The van der Waals surface area contributed by atoms with E-state index in [1.807, 2.05) is 42.5 Å². The number of aromatic nitrogens is 3. The SMILES string of the molecule is NC(Cc1nc(-c2ccc(Br)cn2)no1)c1ccccc1. The number of benzene rings is 1. The van der Waals surface area contributed by atoms with Crippen LogP contribution in [0.2, 0.25) is 0 Å². The van der Waals surface area contributed by atoms with Crippen molar-refractivity contribution in [3.63, 3.8) is 0 Å². The van der Waals surface area contributed by atoms with Gasteiger partial charge in [-0.25, -0.2) is 0 Å². The van der Waals surface area contributed by atoms with Crippen LogP contribution in [-0.4, -0.2) is 15.1 Å². The molecule has 3 rings (SSSR count). The molecule has 106 valence electrons. The monoisotopic (exact) mass is 344 g/mol. The zero-order chi connectivity index (χ0) is 14.7. The summed E-state index contributed by atoms with van der Waals surface area (Å²) in [5.41, 5.74) is 7.85. The number of hydrogen-bond acceptors (Lipinski definition) is 5. The third kappa shape index (κ3) is 3.34. The standard InChI is InChI=1S/C15H13BrN4O/c16-11-6-7-13(18-9-11)15-19-14(21-20-15)8-12(17)10-4-2-1-3-5-10/h1-7,9,12H,8,17H2. The van der Waals surface area contributed by atoms with E-state index in [1.165, 1.54) is 0 Å². The largest absolute Gasteiger partial charge is 0.339 e. The molecule has 0 aliphatic carbocycles. The molecular weight excluding hydrogens is 332 g/mol. The Morgan fingerprint density at radius 3 is 2.67 bits per heavy atom. The van der Waals surface area contributed by atoms with Crippen LogP contribution in [0.1, 0.15) is 17.5 Å². The van der Waals surface area contributed by atoms with Gasteiger partial charge in [0.15, 0.2) is 0 Å². The van der Waals surface area contributed by atoms with Crippen LogP contribution < -0.4 is 5.73 Å². The van der Waals surface area contributed by atoms with Crippen LogP contribution in [-0.2, 0) is 6.42 Å². The van der Waals surface area contributed by atoms with Gasteiger partial charge in [-0.2, -0.15) is 4.98 Å². The molecule has 0 bridgehead atoms. The van der Waals surface area contributed by atoms with Crippen LogP contribution in [0.4, 0.5) is 0 Å². The summed E-state index contributed by atoms with van der Waals surface area (Å²) in [4.78, 5) is 8.58. The second-order valence-corrected chi connectivity index (χ2v) is 5.51. The van der Waals surface area contributed by atoms with E-state index in [2.05, 4.69) is 31.1 Å². The lowest BCUT2D eigenvalue weighted by atomic mass is 10.1. The minimum absolute atomic E-state index is 0.169. The fraction of sp³-hybridized carbons (Fsp3) is 0.133. The third-order valence-electron chi connectivity index (χ3n) is 3.05. The van der Waals surface area contributed by atoms with E-state index in [4.69, 9.17) is 10.3 Å². The quantitative estimate of drug-likeness (QED) is 0.786. The van der Waals surface area contributed by atoms with Crippen LogP contribution in [0.15, 0.2) is 57.7 Å². The third-order valence-corrected chi connectivity index (χ3v) is 3.52. The fourth-order valence-electron chi connectivity index (χ4n) is 1.96. The van der Waals surface area contributed by atoms with E-state index in [0.29, 0.717) is 23.8 Å². The lowest BCUT2D eigenvalue weighted by molar-refractivity contribution is 0.370. The van der Waals surface area contributed by atoms with Crippen LogP contribution in [0.5, 0.6) is 0 Å². The van der Waals surface area contributed by atoms with Gasteiger partial charge in [0.1, 0.15) is 5.69 Å². The van der Waals surface area contributed by atoms with Gasteiger partial charge in [-0.05, 0) is 33.6 Å². The summed E-state index contributed by atoms with van der Waals surface area (Å²) in [6.45, 7) is 0. The van der Waals surface area contributed by atoms with E-state index >= 15 is 0 Å². The minimum atomic E-state index is -0.169. The van der Waals surface area contributed by atoms with Crippen molar-refractivity contribution in [1.82, 2.24) is 15.1 Å². The first kappa shape index (κ1) is 13.9. The zero-order valence-electron chi connectivity index (χ0n) is 11.1. The first-order valence-corrected chi connectivity index (χ1v) is 7.27. The number of nitrogens with zero attached hydrogens (tertiary/aromatic N) is 3. The molecule has 0 saturated carbocycles. The summed E-state index contributed by atoms with van der Waals surface area (Å²) in [6, 6.07) is 13.4. The van der Waals surface area contributed by atoms with Crippen molar-refractivity contribution in [3.05, 3.63) is 64.6 Å². The highest BCUT2D eigenvalue weighted by molar-refractivity contribution is 9.10. The number of nitrogens with two attached hydrogens (primary N) is 1. The molecule has 1 aromatic carbocycles. The molecule has 0 aliphatic rings. The Bertz CT molecular complexity index is 712. The first-order chi connectivity index (χ1) is 10.2. The highest BCUT2D eigenvalue weighted by Crippen LogP contribution is 2.19. The molecule has 0 spiro atoms. The van der Waals surface area contributed by atoms with Crippen molar-refractivity contribution < 1.29 is 4.52 Å². The Balaban J connectivity index is 1.75. The Kier molecular flexibility index (Phi) is 4.08. The maximum Gasteiger partial charge on any atom is 0.228 e. The van der Waals surface area contributed by atoms with Crippen molar-refractivity contribution in [1.29, 1.82) is 0 Å². The second kappa shape index (κ2) is 6.15. The van der Waals surface area contributed by atoms with Gasteiger partial charge in [0, 0.05) is 23.1 Å². The smallest absolute Gasteiger partial charge is 0.228 e. The average Bonchev–Trinajstić information content (AvgIpc) is 2.97. The molecule has 6 heteroatoms. The predicted octanol–water partition coefficient (Wildman–Crippen LogP) is 3.14. The van der Waals surface area contributed by atoms with Crippen LogP contribution in [0.25, 0.3) is 11.5 Å². The number of halogens is 1. The Morgan fingerprint density at radius 1 is 1.14 bits per heavy atom. The lowest BCUT2D eigenvalue weighted by Gasteiger charge is -2.08. The van der Waals surface area contributed by atoms with Crippen molar-refractivity contribution in [2.24, 2.45) is 5.73 Å². The molecule has 0 radical (unpaired) electrons. The summed E-state index contributed by atoms with van der Waals surface area (Å²) >= 11 is 3.34. The van der Waals surface area contributed by atoms with Gasteiger partial charge < -0.3 is 10.3 Å². The van der Waals surface area contributed by atoms with E-state index in [-0.39, 0.29) is 6.04 Å². The van der Waals surface area contributed by atoms with E-state index in [9.17, 15) is 0 Å². The minimum Gasteiger partial charge on any atom is -0.339 e. The second-order valence-electron chi connectivity index (χ2n) is 4.59. The van der Waals surface area contributed by atoms with Crippen LogP contribution >= 0.6 is 15.9 Å². The molecule has 0 fully saturated rings. The number of rotatable bonds is 4. The molecule has 2 aromatic heterocycles. The van der Waals surface area contributed by atoms with E-state index in [1.54, 1.807) is 6.20 Å². The highest BCUT2D eigenvalue weighted by atomic mass is 79.9. The maximum atomic E-state index is 6.15. The van der Waals surface area contributed by atoms with E-state index in [0.717, 1.165) is 10.0 Å². The average molecular weight is 345 g/mol. The van der Waals surface area contributed by atoms with Gasteiger partial charge in [-0.15, -0.1) is 0 Å². The summed E-state index contributed by atoms with van der Waals surface area (Å²) < 4.78 is 6.15. The highest BCUT2D eigenvalue weighted by Gasteiger charge is 2.14. The van der Waals surface area contributed by atoms with Gasteiger partial charge in [-0.3, -0.25) is 4.98 Å². The molecule has 2 N–H and O–H groups in total. The molecular formula is C15H13BrN4O. The number of pyridine rings is 1. The van der Waals surface area contributed by atoms with Gasteiger partial charge in [-0.1, -0.05) is 35.5 Å². The molecule has 21 heavy (non-hydrogen) atoms. The normalized spacial score (nSPS) is 12.3. The summed E-state index contributed by atoms with van der Waals surface area (Å²) in [7, 11) is 0. The summed E-state index contributed by atoms with van der Waals surface area (Å²) in [6.07, 6.45) is 2.19. The number of hydrogen-bond donors (Lipinski definition) is 1. The van der Waals surface area contributed by atoms with E-state index < -0.39 is 0 Å². The van der Waals surface area contributed by atoms with Crippen LogP contribution in [0, 0.1) is 0 Å². The topological polar surface area (TPSA) is 77.8 Å². The lowest BCUT2D eigenvalue weighted by Crippen LogP contribution is -2.13. The molecule has 1 atom stereocenters. The predicted molar refractivity (Wildman–Crippen MR) is 82.3 cm³/mol. The van der Waals surface area contributed by atoms with Crippen molar-refractivity contribution in [2.75, 3.05) is 0 Å². The first-order valence-electron chi connectivity index (χ1n) is 6.47. The Morgan fingerprint density at radius 2 is 1.95 bits per heavy atom. The molecule has 0 aliphatic heterocycles. The van der Waals surface area contributed by atoms with Crippen LogP contribution in [0.3, 0.4) is 0 Å². The summed E-state index contributed by atoms with van der Waals surface area (Å²) in [5, 5.41) is 3.94. The van der Waals surface area contributed by atoms with Gasteiger partial charge in [0.25, 0.3) is 0 Å². The maximum absolute atomic E-state index is 6.15. The Labute approximate surface area is 130 Å². The van der Waals surface area contributed by atoms with Gasteiger partial charge >= 0.3 is 0 Å². The molecule has 0 saturated heterocycles. The molecule has 5 nitrogen and oxygen atoms in total. The Hall–Kier alpha value is -2.05. The van der Waals surface area contributed by atoms with Crippen molar-refractivity contribution >= 4 is 15.9 Å². The molecule has 1 unspecified atom stereocenters. The van der Waals surface area contributed by atoms with Gasteiger partial charge in [0.05, 0.1) is 0 Å². The molecule has 0 amide bonds. The van der Waals surface area contributed by atoms with Gasteiger partial charge in [0.2, 0.25) is 11.7 Å². The fourth-order valence-corrected chi connectivity index (χ4v) is 2.19. The van der Waals surface area contributed by atoms with Crippen molar-refractivity contribution in [3.8, 4) is 11.5 Å². The zero-order valence-corrected chi connectivity index (χ0v) is 12.7.